The molecule has 0 fully saturated rings. The molecule has 0 aliphatic carbocycles. The van der Waals surface area contributed by atoms with Crippen molar-refractivity contribution >= 4 is 23.3 Å². The van der Waals surface area contributed by atoms with Crippen molar-refractivity contribution in [2.45, 2.75) is 13.2 Å². The highest BCUT2D eigenvalue weighted by Crippen LogP contribution is 2.19. The second kappa shape index (κ2) is 8.26. The molecule has 126 valence electrons. The SMILES string of the molecule is O=C(OCc1ccccc1)c1ccc(C(=O)OCc2ccccc2)s1. The number of hydrogen-bond acceptors (Lipinski definition) is 5. The number of benzene rings is 2. The van der Waals surface area contributed by atoms with Gasteiger partial charge >= 0.3 is 11.9 Å². The lowest BCUT2D eigenvalue weighted by Crippen LogP contribution is -2.04. The number of esters is 2. The Labute approximate surface area is 149 Å². The molecule has 0 N–H and O–H groups in total. The maximum Gasteiger partial charge on any atom is 0.348 e. The quantitative estimate of drug-likeness (QED) is 0.615. The minimum Gasteiger partial charge on any atom is -0.457 e. The van der Waals surface area contributed by atoms with Gasteiger partial charge in [0.2, 0.25) is 0 Å². The monoisotopic (exact) mass is 352 g/mol. The molecule has 5 heteroatoms. The maximum atomic E-state index is 12.1. The lowest BCUT2D eigenvalue weighted by molar-refractivity contribution is 0.0472. The van der Waals surface area contributed by atoms with E-state index in [0.717, 1.165) is 22.5 Å². The number of hydrogen-bond donors (Lipinski definition) is 0. The Morgan fingerprint density at radius 2 is 1.04 bits per heavy atom. The smallest absolute Gasteiger partial charge is 0.348 e. The summed E-state index contributed by atoms with van der Waals surface area (Å²) in [5.74, 6) is -0.896. The van der Waals surface area contributed by atoms with Crippen molar-refractivity contribution in [2.75, 3.05) is 0 Å². The van der Waals surface area contributed by atoms with Crippen molar-refractivity contribution in [3.8, 4) is 0 Å². The summed E-state index contributed by atoms with van der Waals surface area (Å²) >= 11 is 1.07. The lowest BCUT2D eigenvalue weighted by atomic mass is 10.2. The highest BCUT2D eigenvalue weighted by Gasteiger charge is 2.16. The van der Waals surface area contributed by atoms with Crippen molar-refractivity contribution in [3.63, 3.8) is 0 Å². The first-order valence-corrected chi connectivity index (χ1v) is 8.56. The van der Waals surface area contributed by atoms with E-state index in [2.05, 4.69) is 0 Å². The fourth-order valence-electron chi connectivity index (χ4n) is 2.15. The van der Waals surface area contributed by atoms with E-state index < -0.39 is 11.9 Å². The molecule has 0 unspecified atom stereocenters. The average Bonchev–Trinajstić information content (AvgIpc) is 3.16. The topological polar surface area (TPSA) is 52.6 Å². The summed E-state index contributed by atoms with van der Waals surface area (Å²) in [4.78, 5) is 24.9. The van der Waals surface area contributed by atoms with E-state index in [1.54, 1.807) is 12.1 Å². The predicted molar refractivity (Wildman–Crippen MR) is 95.4 cm³/mol. The van der Waals surface area contributed by atoms with Gasteiger partial charge in [0.1, 0.15) is 23.0 Å². The van der Waals surface area contributed by atoms with Gasteiger partial charge in [0.05, 0.1) is 0 Å². The molecular weight excluding hydrogens is 336 g/mol. The van der Waals surface area contributed by atoms with Crippen LogP contribution in [0, 0.1) is 0 Å². The van der Waals surface area contributed by atoms with E-state index in [9.17, 15) is 9.59 Å². The van der Waals surface area contributed by atoms with Gasteiger partial charge in [-0.15, -0.1) is 11.3 Å². The van der Waals surface area contributed by atoms with Crippen LogP contribution in [0.2, 0.25) is 0 Å². The van der Waals surface area contributed by atoms with Crippen LogP contribution in [0.5, 0.6) is 0 Å². The van der Waals surface area contributed by atoms with E-state index in [1.807, 2.05) is 60.7 Å². The standard InChI is InChI=1S/C20H16O4S/c21-19(23-13-15-7-3-1-4-8-15)17-11-12-18(25-17)20(22)24-14-16-9-5-2-6-10-16/h1-12H,13-14H2. The highest BCUT2D eigenvalue weighted by molar-refractivity contribution is 7.15. The molecule has 1 heterocycles. The van der Waals surface area contributed by atoms with Crippen LogP contribution in [0.1, 0.15) is 30.5 Å². The number of rotatable bonds is 6. The second-order valence-electron chi connectivity index (χ2n) is 5.29. The molecule has 25 heavy (non-hydrogen) atoms. The Balaban J connectivity index is 1.54. The molecule has 0 radical (unpaired) electrons. The zero-order valence-corrected chi connectivity index (χ0v) is 14.2. The third-order valence-corrected chi connectivity index (χ3v) is 4.48. The van der Waals surface area contributed by atoms with E-state index in [0.29, 0.717) is 9.75 Å². The van der Waals surface area contributed by atoms with Crippen LogP contribution in [0.3, 0.4) is 0 Å². The molecule has 4 nitrogen and oxygen atoms in total. The van der Waals surface area contributed by atoms with Crippen LogP contribution < -0.4 is 0 Å². The predicted octanol–water partition coefficient (Wildman–Crippen LogP) is 4.46. The molecular formula is C20H16O4S. The number of carbonyl (C=O) groups excluding carboxylic acids is 2. The number of ether oxygens (including phenoxy) is 2. The largest absolute Gasteiger partial charge is 0.457 e. The Bertz CT molecular complexity index is 770. The fraction of sp³-hybridized carbons (Fsp3) is 0.100. The normalized spacial score (nSPS) is 10.2. The van der Waals surface area contributed by atoms with Gasteiger partial charge < -0.3 is 9.47 Å². The summed E-state index contributed by atoms with van der Waals surface area (Å²) in [5.41, 5.74) is 1.82. The summed E-state index contributed by atoms with van der Waals surface area (Å²) in [5, 5.41) is 0. The van der Waals surface area contributed by atoms with Crippen molar-refractivity contribution in [2.24, 2.45) is 0 Å². The van der Waals surface area contributed by atoms with E-state index in [-0.39, 0.29) is 13.2 Å². The van der Waals surface area contributed by atoms with E-state index in [1.165, 1.54) is 0 Å². The van der Waals surface area contributed by atoms with Gasteiger partial charge in [-0.05, 0) is 23.3 Å². The zero-order chi connectivity index (χ0) is 17.5. The molecule has 0 aliphatic heterocycles. The first-order chi connectivity index (χ1) is 12.2. The fourth-order valence-corrected chi connectivity index (χ4v) is 2.94. The Morgan fingerprint density at radius 3 is 1.44 bits per heavy atom. The van der Waals surface area contributed by atoms with E-state index >= 15 is 0 Å². The average molecular weight is 352 g/mol. The molecule has 0 atom stereocenters. The van der Waals surface area contributed by atoms with Crippen LogP contribution in [0.25, 0.3) is 0 Å². The van der Waals surface area contributed by atoms with Gasteiger partial charge in [0, 0.05) is 0 Å². The zero-order valence-electron chi connectivity index (χ0n) is 13.4. The molecule has 0 bridgehead atoms. The molecule has 0 saturated carbocycles. The van der Waals surface area contributed by atoms with Crippen LogP contribution in [-0.4, -0.2) is 11.9 Å². The Morgan fingerprint density at radius 1 is 0.640 bits per heavy atom. The Hall–Kier alpha value is -2.92. The summed E-state index contributed by atoms with van der Waals surface area (Å²) in [6.45, 7) is 0.400. The third-order valence-electron chi connectivity index (χ3n) is 3.43. The first kappa shape index (κ1) is 16.9. The third kappa shape index (κ3) is 4.78. The molecule has 3 rings (SSSR count). The molecule has 1 aromatic heterocycles. The minimum absolute atomic E-state index is 0.200. The lowest BCUT2D eigenvalue weighted by Gasteiger charge is -2.03. The van der Waals surface area contributed by atoms with Crippen LogP contribution in [0.15, 0.2) is 72.8 Å². The van der Waals surface area contributed by atoms with Crippen LogP contribution in [-0.2, 0) is 22.7 Å². The summed E-state index contributed by atoms with van der Waals surface area (Å²) in [6, 6.07) is 22.0. The van der Waals surface area contributed by atoms with Gasteiger partial charge in [-0.1, -0.05) is 60.7 Å². The molecule has 0 spiro atoms. The van der Waals surface area contributed by atoms with Gasteiger partial charge in [0.15, 0.2) is 0 Å². The van der Waals surface area contributed by atoms with Crippen LogP contribution in [0.4, 0.5) is 0 Å². The molecule has 0 aliphatic rings. The summed E-state index contributed by atoms with van der Waals surface area (Å²) in [6.07, 6.45) is 0. The van der Waals surface area contributed by atoms with Crippen molar-refractivity contribution < 1.29 is 19.1 Å². The van der Waals surface area contributed by atoms with Gasteiger partial charge in [-0.2, -0.15) is 0 Å². The molecule has 0 saturated heterocycles. The van der Waals surface area contributed by atoms with Crippen LogP contribution >= 0.6 is 11.3 Å². The van der Waals surface area contributed by atoms with Crippen molar-refractivity contribution in [3.05, 3.63) is 93.7 Å². The number of thiophene rings is 1. The number of carbonyl (C=O) groups is 2. The van der Waals surface area contributed by atoms with Gasteiger partial charge in [-0.25, -0.2) is 9.59 Å². The van der Waals surface area contributed by atoms with Gasteiger partial charge in [0.25, 0.3) is 0 Å². The summed E-state index contributed by atoms with van der Waals surface area (Å²) in [7, 11) is 0. The maximum absolute atomic E-state index is 12.1. The van der Waals surface area contributed by atoms with Crippen molar-refractivity contribution in [1.29, 1.82) is 0 Å². The molecule has 3 aromatic rings. The minimum atomic E-state index is -0.448. The van der Waals surface area contributed by atoms with E-state index in [4.69, 9.17) is 9.47 Å². The summed E-state index contributed by atoms with van der Waals surface area (Å²) < 4.78 is 10.5. The van der Waals surface area contributed by atoms with Crippen molar-refractivity contribution in [1.82, 2.24) is 0 Å². The second-order valence-corrected chi connectivity index (χ2v) is 6.37. The molecule has 0 amide bonds. The van der Waals surface area contributed by atoms with Gasteiger partial charge in [-0.3, -0.25) is 0 Å². The highest BCUT2D eigenvalue weighted by atomic mass is 32.1. The molecule has 2 aromatic carbocycles. The Kier molecular flexibility index (Phi) is 5.59. The first-order valence-electron chi connectivity index (χ1n) is 7.74.